The molecule has 0 bridgehead atoms. The number of pyridine rings is 2. The van der Waals surface area contributed by atoms with Crippen LogP contribution in [0.3, 0.4) is 0 Å². The minimum atomic E-state index is -0.103. The Morgan fingerprint density at radius 1 is 0.489 bits per heavy atom. The summed E-state index contributed by atoms with van der Waals surface area (Å²) >= 11 is 0. The lowest BCUT2D eigenvalue weighted by Gasteiger charge is -2.32. The zero-order valence-corrected chi connectivity index (χ0v) is 28.5. The van der Waals surface area contributed by atoms with Crippen LogP contribution in [0.25, 0.3) is 33.4 Å². The molecule has 1 aliphatic carbocycles. The molecule has 6 aromatic rings. The summed E-state index contributed by atoms with van der Waals surface area (Å²) < 4.78 is 0. The van der Waals surface area contributed by atoms with E-state index in [9.17, 15) is 0 Å². The molecule has 234 valence electrons. The van der Waals surface area contributed by atoms with E-state index in [0.29, 0.717) is 0 Å². The van der Waals surface area contributed by atoms with E-state index in [2.05, 4.69) is 149 Å². The molecule has 0 fully saturated rings. The summed E-state index contributed by atoms with van der Waals surface area (Å²) in [5, 5.41) is 0. The molecule has 2 unspecified atom stereocenters. The zero-order valence-electron chi connectivity index (χ0n) is 28.5. The second-order valence-corrected chi connectivity index (χ2v) is 14.2. The van der Waals surface area contributed by atoms with E-state index in [0.717, 1.165) is 24.0 Å². The van der Waals surface area contributed by atoms with Crippen molar-refractivity contribution in [2.45, 2.75) is 70.6 Å². The molecule has 2 nitrogen and oxygen atoms in total. The minimum absolute atomic E-state index is 0.0960. The van der Waals surface area contributed by atoms with E-state index in [1.54, 1.807) is 0 Å². The summed E-state index contributed by atoms with van der Waals surface area (Å²) in [4.78, 5) is 8.62. The zero-order chi connectivity index (χ0) is 32.8. The van der Waals surface area contributed by atoms with Gasteiger partial charge in [-0.25, -0.2) is 0 Å². The lowest BCUT2D eigenvalue weighted by atomic mass is 9.71. The Bertz CT molecular complexity index is 1880. The Morgan fingerprint density at radius 2 is 0.872 bits per heavy atom. The summed E-state index contributed by atoms with van der Waals surface area (Å²) in [7, 11) is 0. The molecule has 47 heavy (non-hydrogen) atoms. The number of rotatable bonds is 8. The Morgan fingerprint density at radius 3 is 1.21 bits per heavy atom. The van der Waals surface area contributed by atoms with Crippen LogP contribution in [0, 0.1) is 0 Å². The van der Waals surface area contributed by atoms with Crippen molar-refractivity contribution >= 4 is 0 Å². The predicted octanol–water partition coefficient (Wildman–Crippen LogP) is 11.5. The quantitative estimate of drug-likeness (QED) is 0.171. The summed E-state index contributed by atoms with van der Waals surface area (Å²) in [5.41, 5.74) is 15.4. The maximum Gasteiger partial charge on any atom is 0.0346 e. The standard InChI is InChI=1S/C45H44N2/c1-7-44(5,35-17-13-31(14-18-35)33-11-9-25-46-29-33)37-21-23-39-40-24-22-38(28-42(40)43(3,4)41(39)27-37)45(6,8-2)36-19-15-32(16-20-36)34-12-10-26-47-30-34/h9-30H,7-8H2,1-6H3. The van der Waals surface area contributed by atoms with Crippen LogP contribution in [-0.2, 0) is 16.2 Å². The monoisotopic (exact) mass is 612 g/mol. The van der Waals surface area contributed by atoms with Crippen LogP contribution >= 0.6 is 0 Å². The first-order valence-electron chi connectivity index (χ1n) is 17.0. The van der Waals surface area contributed by atoms with Crippen molar-refractivity contribution in [2.24, 2.45) is 0 Å². The van der Waals surface area contributed by atoms with Gasteiger partial charge in [-0.1, -0.05) is 139 Å². The van der Waals surface area contributed by atoms with Gasteiger partial charge in [0.2, 0.25) is 0 Å². The molecule has 2 heteroatoms. The van der Waals surface area contributed by atoms with Gasteiger partial charge in [0, 0.05) is 41.0 Å². The number of hydrogen-bond acceptors (Lipinski definition) is 2. The second kappa shape index (κ2) is 11.8. The van der Waals surface area contributed by atoms with Crippen LogP contribution in [0.4, 0.5) is 0 Å². The second-order valence-electron chi connectivity index (χ2n) is 14.2. The maximum absolute atomic E-state index is 4.31. The number of nitrogens with zero attached hydrogens (tertiary/aromatic N) is 2. The summed E-state index contributed by atoms with van der Waals surface area (Å²) in [6.45, 7) is 14.2. The van der Waals surface area contributed by atoms with Crippen molar-refractivity contribution in [3.63, 3.8) is 0 Å². The summed E-state index contributed by atoms with van der Waals surface area (Å²) in [6.07, 6.45) is 9.55. The molecule has 0 spiro atoms. The smallest absolute Gasteiger partial charge is 0.0346 e. The molecule has 0 saturated heterocycles. The van der Waals surface area contributed by atoms with E-state index in [4.69, 9.17) is 0 Å². The van der Waals surface area contributed by atoms with E-state index >= 15 is 0 Å². The van der Waals surface area contributed by atoms with Crippen LogP contribution in [0.1, 0.15) is 87.8 Å². The molecular formula is C45H44N2. The van der Waals surface area contributed by atoms with Crippen molar-refractivity contribution < 1.29 is 0 Å². The van der Waals surface area contributed by atoms with Gasteiger partial charge in [-0.2, -0.15) is 0 Å². The van der Waals surface area contributed by atoms with Gasteiger partial charge in [-0.15, -0.1) is 0 Å². The first kappa shape index (κ1) is 30.8. The van der Waals surface area contributed by atoms with Crippen LogP contribution in [0.5, 0.6) is 0 Å². The van der Waals surface area contributed by atoms with Gasteiger partial charge in [0.25, 0.3) is 0 Å². The number of hydrogen-bond donors (Lipinski definition) is 0. The Balaban J connectivity index is 1.22. The van der Waals surface area contributed by atoms with E-state index < -0.39 is 0 Å². The average molecular weight is 613 g/mol. The lowest BCUT2D eigenvalue weighted by Crippen LogP contribution is -2.25. The highest BCUT2D eigenvalue weighted by atomic mass is 14.6. The molecule has 2 aromatic heterocycles. The lowest BCUT2D eigenvalue weighted by molar-refractivity contribution is 0.544. The maximum atomic E-state index is 4.31. The van der Waals surface area contributed by atoms with Gasteiger partial charge in [-0.05, 0) is 91.7 Å². The van der Waals surface area contributed by atoms with Crippen molar-refractivity contribution in [2.75, 3.05) is 0 Å². The molecule has 0 amide bonds. The van der Waals surface area contributed by atoms with Crippen molar-refractivity contribution in [1.29, 1.82) is 0 Å². The Hall–Kier alpha value is -4.82. The molecule has 0 aliphatic heterocycles. The van der Waals surface area contributed by atoms with Gasteiger partial charge < -0.3 is 0 Å². The molecule has 0 saturated carbocycles. The Kier molecular flexibility index (Phi) is 7.71. The van der Waals surface area contributed by atoms with Crippen molar-refractivity contribution in [1.82, 2.24) is 9.97 Å². The summed E-state index contributed by atoms with van der Waals surface area (Å²) in [6, 6.07) is 40.9. The molecule has 1 aliphatic rings. The average Bonchev–Trinajstić information content (AvgIpc) is 3.36. The first-order valence-corrected chi connectivity index (χ1v) is 17.0. The van der Waals surface area contributed by atoms with Crippen molar-refractivity contribution in [3.05, 3.63) is 167 Å². The Labute approximate surface area is 280 Å². The van der Waals surface area contributed by atoms with Gasteiger partial charge in [-0.3, -0.25) is 9.97 Å². The van der Waals surface area contributed by atoms with E-state index in [1.165, 1.54) is 55.6 Å². The molecule has 2 atom stereocenters. The highest BCUT2D eigenvalue weighted by Crippen LogP contribution is 2.52. The fourth-order valence-corrected chi connectivity index (χ4v) is 7.70. The fourth-order valence-electron chi connectivity index (χ4n) is 7.70. The molecule has 2 heterocycles. The van der Waals surface area contributed by atoms with Gasteiger partial charge >= 0.3 is 0 Å². The minimum Gasteiger partial charge on any atom is -0.264 e. The van der Waals surface area contributed by atoms with Crippen LogP contribution in [0.15, 0.2) is 134 Å². The van der Waals surface area contributed by atoms with Crippen LogP contribution < -0.4 is 0 Å². The largest absolute Gasteiger partial charge is 0.264 e. The van der Waals surface area contributed by atoms with Gasteiger partial charge in [0.15, 0.2) is 0 Å². The molecule has 7 rings (SSSR count). The fraction of sp³-hybridized carbons (Fsp3) is 0.244. The molecular weight excluding hydrogens is 569 g/mol. The third kappa shape index (κ3) is 5.11. The van der Waals surface area contributed by atoms with E-state index in [-0.39, 0.29) is 16.2 Å². The molecule has 0 N–H and O–H groups in total. The topological polar surface area (TPSA) is 25.8 Å². The SMILES string of the molecule is CCC(C)(c1ccc(-c2cccnc2)cc1)c1ccc2c(c1)C(C)(C)c1cc(C(C)(CC)c3ccc(-c4cccnc4)cc3)ccc1-2. The molecule has 4 aromatic carbocycles. The normalized spacial score (nSPS) is 15.7. The van der Waals surface area contributed by atoms with Crippen molar-refractivity contribution in [3.8, 4) is 33.4 Å². The third-order valence-corrected chi connectivity index (χ3v) is 11.4. The van der Waals surface area contributed by atoms with Gasteiger partial charge in [0.1, 0.15) is 0 Å². The highest BCUT2D eigenvalue weighted by molar-refractivity contribution is 5.82. The van der Waals surface area contributed by atoms with E-state index in [1.807, 2.05) is 36.9 Å². The van der Waals surface area contributed by atoms with Crippen LogP contribution in [-0.4, -0.2) is 9.97 Å². The molecule has 0 radical (unpaired) electrons. The third-order valence-electron chi connectivity index (χ3n) is 11.4. The van der Waals surface area contributed by atoms with Gasteiger partial charge in [0.05, 0.1) is 0 Å². The summed E-state index contributed by atoms with van der Waals surface area (Å²) in [5.74, 6) is 0. The number of benzene rings is 4. The van der Waals surface area contributed by atoms with Crippen LogP contribution in [0.2, 0.25) is 0 Å². The highest BCUT2D eigenvalue weighted by Gasteiger charge is 2.39. The first-order chi connectivity index (χ1) is 22.7. The number of fused-ring (bicyclic) bond motifs is 3. The predicted molar refractivity (Wildman–Crippen MR) is 197 cm³/mol. The number of aromatic nitrogens is 2.